The van der Waals surface area contributed by atoms with Crippen molar-refractivity contribution in [3.8, 4) is 11.1 Å². The molecule has 8 heteroatoms. The third-order valence-corrected chi connectivity index (χ3v) is 6.87. The SMILES string of the molecule is CO[C@H](C)[C@H](NC(=O)C1CCC(NC(=O)OCC2c3ccccc3-c3ccccc32)C1)C(=O)O. The minimum atomic E-state index is -1.14. The fourth-order valence-corrected chi connectivity index (χ4v) is 4.94. The van der Waals surface area contributed by atoms with Crippen LogP contribution in [-0.2, 0) is 19.1 Å². The van der Waals surface area contributed by atoms with Crippen LogP contribution in [0.4, 0.5) is 4.79 Å². The summed E-state index contributed by atoms with van der Waals surface area (Å²) in [6, 6.07) is 15.0. The maximum Gasteiger partial charge on any atom is 0.407 e. The van der Waals surface area contributed by atoms with Crippen LogP contribution in [0.15, 0.2) is 48.5 Å². The summed E-state index contributed by atoms with van der Waals surface area (Å²) in [5.41, 5.74) is 4.62. The van der Waals surface area contributed by atoms with Crippen molar-refractivity contribution in [2.24, 2.45) is 5.92 Å². The lowest BCUT2D eigenvalue weighted by Crippen LogP contribution is -2.50. The van der Waals surface area contributed by atoms with Crippen LogP contribution in [0.1, 0.15) is 43.2 Å². The molecule has 4 rings (SSSR count). The lowest BCUT2D eigenvalue weighted by Gasteiger charge is -2.22. The number of amides is 2. The molecule has 0 heterocycles. The van der Waals surface area contributed by atoms with Crippen LogP contribution < -0.4 is 10.6 Å². The van der Waals surface area contributed by atoms with Gasteiger partial charge in [-0.2, -0.15) is 0 Å². The maximum absolute atomic E-state index is 12.6. The zero-order chi connectivity index (χ0) is 24.2. The molecule has 2 amide bonds. The van der Waals surface area contributed by atoms with E-state index in [1.54, 1.807) is 6.92 Å². The number of carbonyl (C=O) groups excluding carboxylic acids is 2. The Morgan fingerprint density at radius 1 is 1.03 bits per heavy atom. The predicted octanol–water partition coefficient (Wildman–Crippen LogP) is 3.30. The van der Waals surface area contributed by atoms with Gasteiger partial charge in [-0.25, -0.2) is 9.59 Å². The first-order chi connectivity index (χ1) is 16.4. The van der Waals surface area contributed by atoms with E-state index in [1.165, 1.54) is 18.2 Å². The molecule has 1 fully saturated rings. The van der Waals surface area contributed by atoms with Gasteiger partial charge in [-0.3, -0.25) is 4.79 Å². The van der Waals surface area contributed by atoms with Gasteiger partial charge in [0.2, 0.25) is 5.91 Å². The number of carboxylic acids is 1. The normalized spacial score (nSPS) is 20.6. The fraction of sp³-hybridized carbons (Fsp3) is 0.423. The molecule has 0 saturated heterocycles. The van der Waals surface area contributed by atoms with Gasteiger partial charge in [-0.1, -0.05) is 48.5 Å². The van der Waals surface area contributed by atoms with Crippen LogP contribution in [0.2, 0.25) is 0 Å². The van der Waals surface area contributed by atoms with E-state index in [1.807, 2.05) is 24.3 Å². The highest BCUT2D eigenvalue weighted by molar-refractivity contribution is 5.85. The molecule has 4 atom stereocenters. The highest BCUT2D eigenvalue weighted by Gasteiger charge is 2.35. The van der Waals surface area contributed by atoms with E-state index >= 15 is 0 Å². The molecule has 1 saturated carbocycles. The van der Waals surface area contributed by atoms with Gasteiger partial charge < -0.3 is 25.2 Å². The number of fused-ring (bicyclic) bond motifs is 3. The molecule has 0 aliphatic heterocycles. The first-order valence-electron chi connectivity index (χ1n) is 11.6. The standard InChI is InChI=1S/C26H30N2O6/c1-15(33-2)23(25(30)31)28-24(29)16-11-12-17(13-16)27-26(32)34-14-22-20-9-5-3-7-18(20)19-8-4-6-10-21(19)22/h3-10,15-17,22-23H,11-14H2,1-2H3,(H,27,32)(H,28,29)(H,30,31)/t15-,16?,17?,23+/m1/s1. The molecule has 34 heavy (non-hydrogen) atoms. The number of carboxylic acid groups (broad SMARTS) is 1. The number of carbonyl (C=O) groups is 3. The highest BCUT2D eigenvalue weighted by atomic mass is 16.5. The highest BCUT2D eigenvalue weighted by Crippen LogP contribution is 2.44. The van der Waals surface area contributed by atoms with Gasteiger partial charge in [0.1, 0.15) is 6.61 Å². The first-order valence-corrected chi connectivity index (χ1v) is 11.6. The quantitative estimate of drug-likeness (QED) is 0.550. The lowest BCUT2D eigenvalue weighted by atomic mass is 9.98. The smallest absolute Gasteiger partial charge is 0.407 e. The van der Waals surface area contributed by atoms with E-state index in [0.29, 0.717) is 19.3 Å². The number of ether oxygens (including phenoxy) is 2. The van der Waals surface area contributed by atoms with Crippen LogP contribution in [0.3, 0.4) is 0 Å². The Labute approximate surface area is 198 Å². The van der Waals surface area contributed by atoms with Gasteiger partial charge in [0.05, 0.1) is 6.10 Å². The summed E-state index contributed by atoms with van der Waals surface area (Å²) in [6.45, 7) is 1.82. The van der Waals surface area contributed by atoms with Gasteiger partial charge in [0.25, 0.3) is 0 Å². The molecule has 3 N–H and O–H groups in total. The molecule has 2 aliphatic carbocycles. The largest absolute Gasteiger partial charge is 0.480 e. The van der Waals surface area contributed by atoms with E-state index < -0.39 is 24.2 Å². The van der Waals surface area contributed by atoms with Crippen molar-refractivity contribution in [2.75, 3.05) is 13.7 Å². The predicted molar refractivity (Wildman–Crippen MR) is 125 cm³/mol. The van der Waals surface area contributed by atoms with E-state index in [-0.39, 0.29) is 30.4 Å². The number of aliphatic carboxylic acids is 1. The topological polar surface area (TPSA) is 114 Å². The van der Waals surface area contributed by atoms with E-state index in [0.717, 1.165) is 11.1 Å². The van der Waals surface area contributed by atoms with Crippen LogP contribution in [0, 0.1) is 5.92 Å². The summed E-state index contributed by atoms with van der Waals surface area (Å²) < 4.78 is 10.6. The molecular weight excluding hydrogens is 436 g/mol. The maximum atomic E-state index is 12.6. The number of methoxy groups -OCH3 is 1. The summed E-state index contributed by atoms with van der Waals surface area (Å²) in [5.74, 6) is -1.87. The summed E-state index contributed by atoms with van der Waals surface area (Å²) in [5, 5.41) is 14.8. The monoisotopic (exact) mass is 466 g/mol. The second-order valence-corrected chi connectivity index (χ2v) is 8.94. The summed E-state index contributed by atoms with van der Waals surface area (Å²) in [4.78, 5) is 36.5. The molecule has 0 bridgehead atoms. The number of hydrogen-bond donors (Lipinski definition) is 3. The van der Waals surface area contributed by atoms with Gasteiger partial charge >= 0.3 is 12.1 Å². The Morgan fingerprint density at radius 2 is 1.65 bits per heavy atom. The van der Waals surface area contributed by atoms with Crippen molar-refractivity contribution >= 4 is 18.0 Å². The molecule has 0 radical (unpaired) electrons. The minimum Gasteiger partial charge on any atom is -0.480 e. The van der Waals surface area contributed by atoms with Crippen LogP contribution in [0.25, 0.3) is 11.1 Å². The van der Waals surface area contributed by atoms with E-state index in [2.05, 4.69) is 34.9 Å². The second-order valence-electron chi connectivity index (χ2n) is 8.94. The number of hydrogen-bond acceptors (Lipinski definition) is 5. The third kappa shape index (κ3) is 4.92. The molecule has 2 unspecified atom stereocenters. The molecule has 2 aromatic rings. The zero-order valence-corrected chi connectivity index (χ0v) is 19.3. The van der Waals surface area contributed by atoms with Crippen molar-refractivity contribution in [1.29, 1.82) is 0 Å². The Kier molecular flexibility index (Phi) is 7.17. The number of rotatable bonds is 8. The van der Waals surface area contributed by atoms with Crippen molar-refractivity contribution in [2.45, 2.75) is 50.3 Å². The second kappa shape index (κ2) is 10.3. The lowest BCUT2D eigenvalue weighted by molar-refractivity contribution is -0.146. The average molecular weight is 467 g/mol. The molecule has 8 nitrogen and oxygen atoms in total. The Balaban J connectivity index is 1.29. The summed E-state index contributed by atoms with van der Waals surface area (Å²) >= 11 is 0. The van der Waals surface area contributed by atoms with E-state index in [4.69, 9.17) is 9.47 Å². The molecule has 0 aromatic heterocycles. The van der Waals surface area contributed by atoms with Gasteiger partial charge in [-0.05, 0) is 48.4 Å². The number of nitrogens with one attached hydrogen (secondary N) is 2. The van der Waals surface area contributed by atoms with Crippen molar-refractivity contribution < 1.29 is 29.0 Å². The van der Waals surface area contributed by atoms with Crippen molar-refractivity contribution in [1.82, 2.24) is 10.6 Å². The average Bonchev–Trinajstić information content (AvgIpc) is 3.43. The zero-order valence-electron chi connectivity index (χ0n) is 19.3. The Morgan fingerprint density at radius 3 is 2.24 bits per heavy atom. The summed E-state index contributed by atoms with van der Waals surface area (Å²) in [7, 11) is 1.40. The number of benzene rings is 2. The molecule has 180 valence electrons. The van der Waals surface area contributed by atoms with Crippen LogP contribution in [-0.4, -0.2) is 55.0 Å². The molecule has 0 spiro atoms. The summed E-state index contributed by atoms with van der Waals surface area (Å²) in [6.07, 6.45) is 0.458. The van der Waals surface area contributed by atoms with Crippen molar-refractivity contribution in [3.05, 3.63) is 59.7 Å². The molecule has 2 aliphatic rings. The van der Waals surface area contributed by atoms with Gasteiger partial charge in [-0.15, -0.1) is 0 Å². The molecular formula is C26H30N2O6. The van der Waals surface area contributed by atoms with Crippen LogP contribution >= 0.6 is 0 Å². The third-order valence-electron chi connectivity index (χ3n) is 6.87. The van der Waals surface area contributed by atoms with E-state index in [9.17, 15) is 19.5 Å². The first kappa shape index (κ1) is 23.8. The molecule has 2 aromatic carbocycles. The van der Waals surface area contributed by atoms with Gasteiger partial charge in [0.15, 0.2) is 6.04 Å². The minimum absolute atomic E-state index is 0.0176. The Bertz CT molecular complexity index is 1030. The fourth-order valence-electron chi connectivity index (χ4n) is 4.94. The van der Waals surface area contributed by atoms with Gasteiger partial charge in [0, 0.05) is 25.0 Å². The number of alkyl carbamates (subject to hydrolysis) is 1. The van der Waals surface area contributed by atoms with Crippen molar-refractivity contribution in [3.63, 3.8) is 0 Å². The van der Waals surface area contributed by atoms with Crippen LogP contribution in [0.5, 0.6) is 0 Å². The Hall–Kier alpha value is -3.39.